The molecule has 6 aromatic rings. The van der Waals surface area contributed by atoms with Gasteiger partial charge in [-0.15, -0.1) is 0 Å². The second kappa shape index (κ2) is 8.74. The van der Waals surface area contributed by atoms with E-state index in [4.69, 9.17) is 0 Å². The molecule has 5 aromatic heterocycles. The second-order valence-corrected chi connectivity index (χ2v) is 8.58. The third-order valence-corrected chi connectivity index (χ3v) is 6.18. The van der Waals surface area contributed by atoms with Crippen LogP contribution in [-0.2, 0) is 0 Å². The zero-order valence-electron chi connectivity index (χ0n) is 19.5. The quantitative estimate of drug-likeness (QED) is 0.249. The average Bonchev–Trinajstić information content (AvgIpc) is 3.52. The molecular formula is C28H22FN7. The van der Waals surface area contributed by atoms with Gasteiger partial charge in [0.2, 0.25) is 0 Å². The van der Waals surface area contributed by atoms with Crippen LogP contribution in [0.2, 0.25) is 0 Å². The highest BCUT2D eigenvalue weighted by atomic mass is 19.1. The number of halogens is 1. The van der Waals surface area contributed by atoms with Crippen LogP contribution < -0.4 is 5.32 Å². The summed E-state index contributed by atoms with van der Waals surface area (Å²) in [5.41, 5.74) is 8.36. The van der Waals surface area contributed by atoms with Gasteiger partial charge in [0, 0.05) is 51.8 Å². The van der Waals surface area contributed by atoms with Crippen molar-refractivity contribution in [2.75, 3.05) is 5.32 Å². The Morgan fingerprint density at radius 1 is 0.944 bits per heavy atom. The summed E-state index contributed by atoms with van der Waals surface area (Å²) in [7, 11) is 0. The Morgan fingerprint density at radius 2 is 1.81 bits per heavy atom. The molecule has 0 amide bonds. The molecule has 0 fully saturated rings. The van der Waals surface area contributed by atoms with Gasteiger partial charge in [-0.05, 0) is 42.3 Å². The van der Waals surface area contributed by atoms with Crippen LogP contribution in [0.15, 0.2) is 85.7 Å². The summed E-state index contributed by atoms with van der Waals surface area (Å²) in [6, 6.07) is 12.6. The fourth-order valence-corrected chi connectivity index (χ4v) is 4.29. The molecular weight excluding hydrogens is 453 g/mol. The first-order valence-corrected chi connectivity index (χ1v) is 11.6. The predicted molar refractivity (Wildman–Crippen MR) is 141 cm³/mol. The third-order valence-electron chi connectivity index (χ3n) is 6.18. The molecule has 0 aliphatic heterocycles. The number of hydrogen-bond donors (Lipinski definition) is 3. The number of aromatic nitrogens is 6. The van der Waals surface area contributed by atoms with Crippen LogP contribution in [0, 0.1) is 5.82 Å². The number of anilines is 1. The number of rotatable bonds is 6. The highest BCUT2D eigenvalue weighted by molar-refractivity contribution is 6.00. The van der Waals surface area contributed by atoms with Gasteiger partial charge in [-0.2, -0.15) is 5.10 Å². The number of fused-ring (bicyclic) bond motifs is 2. The molecule has 5 heterocycles. The number of nitrogens with zero attached hydrogens (tertiary/aromatic N) is 4. The Kier molecular flexibility index (Phi) is 5.26. The minimum absolute atomic E-state index is 0.286. The van der Waals surface area contributed by atoms with Crippen LogP contribution in [0.3, 0.4) is 0 Å². The van der Waals surface area contributed by atoms with E-state index < -0.39 is 0 Å². The van der Waals surface area contributed by atoms with E-state index in [1.807, 2.05) is 37.4 Å². The van der Waals surface area contributed by atoms with Gasteiger partial charge in [-0.1, -0.05) is 25.6 Å². The first kappa shape index (κ1) is 21.7. The van der Waals surface area contributed by atoms with Gasteiger partial charge in [-0.3, -0.25) is 15.1 Å². The molecule has 176 valence electrons. The topological polar surface area (TPSA) is 95.2 Å². The Balaban J connectivity index is 1.43. The molecule has 0 atom stereocenters. The summed E-state index contributed by atoms with van der Waals surface area (Å²) in [5, 5.41) is 12.6. The average molecular weight is 476 g/mol. The monoisotopic (exact) mass is 475 g/mol. The third kappa shape index (κ3) is 3.88. The molecule has 0 spiro atoms. The van der Waals surface area contributed by atoms with Gasteiger partial charge in [0.1, 0.15) is 5.82 Å². The Morgan fingerprint density at radius 3 is 2.67 bits per heavy atom. The molecule has 36 heavy (non-hydrogen) atoms. The molecule has 0 saturated carbocycles. The fraction of sp³-hybridized carbons (Fsp3) is 0.0714. The van der Waals surface area contributed by atoms with Gasteiger partial charge in [0.15, 0.2) is 5.65 Å². The van der Waals surface area contributed by atoms with E-state index in [0.717, 1.165) is 67.7 Å². The number of nitrogens with one attached hydrogen (secondary N) is 3. The van der Waals surface area contributed by atoms with Crippen LogP contribution in [0.1, 0.15) is 13.3 Å². The summed E-state index contributed by atoms with van der Waals surface area (Å²) in [5.74, 6) is -0.286. The number of allylic oxidation sites excluding steroid dienone is 1. The fourth-order valence-electron chi connectivity index (χ4n) is 4.29. The Labute approximate surface area is 206 Å². The van der Waals surface area contributed by atoms with Crippen molar-refractivity contribution < 1.29 is 4.39 Å². The number of H-pyrrole nitrogens is 2. The molecule has 0 radical (unpaired) electrons. The largest absolute Gasteiger partial charge is 0.358 e. The zero-order chi connectivity index (χ0) is 24.6. The summed E-state index contributed by atoms with van der Waals surface area (Å²) < 4.78 is 13.9. The lowest BCUT2D eigenvalue weighted by Crippen LogP contribution is -1.97. The zero-order valence-corrected chi connectivity index (χ0v) is 19.5. The number of pyridine rings is 3. The first-order chi connectivity index (χ1) is 17.6. The molecule has 0 saturated heterocycles. The van der Waals surface area contributed by atoms with E-state index in [0.29, 0.717) is 5.65 Å². The van der Waals surface area contributed by atoms with E-state index in [1.54, 1.807) is 30.9 Å². The van der Waals surface area contributed by atoms with Crippen molar-refractivity contribution in [3.05, 3.63) is 91.5 Å². The maximum Gasteiger partial charge on any atom is 0.181 e. The van der Waals surface area contributed by atoms with Crippen LogP contribution >= 0.6 is 0 Å². The minimum Gasteiger partial charge on any atom is -0.358 e. The number of hydrogen-bond acceptors (Lipinski definition) is 5. The number of benzene rings is 1. The molecule has 0 bridgehead atoms. The molecule has 1 aromatic carbocycles. The van der Waals surface area contributed by atoms with Crippen molar-refractivity contribution in [1.82, 2.24) is 30.1 Å². The molecule has 6 rings (SSSR count). The summed E-state index contributed by atoms with van der Waals surface area (Å²) in [6.45, 7) is 6.06. The lowest BCUT2D eigenvalue weighted by Gasteiger charge is -2.09. The van der Waals surface area contributed by atoms with E-state index in [1.165, 1.54) is 12.1 Å². The summed E-state index contributed by atoms with van der Waals surface area (Å²) >= 11 is 0. The summed E-state index contributed by atoms with van der Waals surface area (Å²) in [6.07, 6.45) is 9.71. The minimum atomic E-state index is -0.286. The predicted octanol–water partition coefficient (Wildman–Crippen LogP) is 6.70. The van der Waals surface area contributed by atoms with Crippen molar-refractivity contribution in [2.24, 2.45) is 0 Å². The summed E-state index contributed by atoms with van der Waals surface area (Å²) in [4.78, 5) is 16.7. The smallest absolute Gasteiger partial charge is 0.181 e. The Bertz CT molecular complexity index is 1750. The maximum absolute atomic E-state index is 13.9. The maximum atomic E-state index is 13.9. The first-order valence-electron chi connectivity index (χ1n) is 11.6. The van der Waals surface area contributed by atoms with Crippen LogP contribution in [0.25, 0.3) is 55.6 Å². The number of aromatic amines is 2. The van der Waals surface area contributed by atoms with Crippen LogP contribution in [-0.4, -0.2) is 30.1 Å². The van der Waals surface area contributed by atoms with Gasteiger partial charge >= 0.3 is 0 Å². The molecule has 0 unspecified atom stereocenters. The Hall–Kier alpha value is -4.85. The second-order valence-electron chi connectivity index (χ2n) is 8.58. The van der Waals surface area contributed by atoms with E-state index >= 15 is 0 Å². The van der Waals surface area contributed by atoms with Crippen molar-refractivity contribution in [2.45, 2.75) is 13.3 Å². The molecule has 0 aliphatic rings. The normalized spacial score (nSPS) is 11.3. The molecule has 8 heteroatoms. The van der Waals surface area contributed by atoms with E-state index in [9.17, 15) is 4.39 Å². The highest BCUT2D eigenvalue weighted by Gasteiger charge is 2.15. The molecule has 0 aliphatic carbocycles. The lowest BCUT2D eigenvalue weighted by molar-refractivity contribution is 0.628. The van der Waals surface area contributed by atoms with Gasteiger partial charge in [0.25, 0.3) is 0 Å². The SMILES string of the molecule is C=C(CC)Nc1cncc(-c2cnc3n[nH]c(-c4cc5c(-c6cccc(F)c6)cncc5[nH]4)c3c2)c1. The van der Waals surface area contributed by atoms with Gasteiger partial charge in [-0.25, -0.2) is 9.37 Å². The van der Waals surface area contributed by atoms with Crippen LogP contribution in [0.4, 0.5) is 10.1 Å². The standard InChI is InChI=1S/C28H22FN7/c1-3-16(2)33-21-8-18(11-30-13-21)19-9-23-27(35-36-28(23)32-12-19)25-10-22-24(14-31-15-26(22)34-25)17-5-4-6-20(29)7-17/h4-15,33-34H,2-3H2,1H3,(H,32,35,36). The van der Waals surface area contributed by atoms with Crippen LogP contribution in [0.5, 0.6) is 0 Å². The van der Waals surface area contributed by atoms with Crippen molar-refractivity contribution in [3.63, 3.8) is 0 Å². The van der Waals surface area contributed by atoms with E-state index in [2.05, 4.69) is 42.0 Å². The van der Waals surface area contributed by atoms with Crippen molar-refractivity contribution in [3.8, 4) is 33.6 Å². The lowest BCUT2D eigenvalue weighted by atomic mass is 10.0. The van der Waals surface area contributed by atoms with Gasteiger partial charge < -0.3 is 10.3 Å². The molecule has 3 N–H and O–H groups in total. The van der Waals surface area contributed by atoms with Gasteiger partial charge in [0.05, 0.1) is 35.0 Å². The molecule has 7 nitrogen and oxygen atoms in total. The van der Waals surface area contributed by atoms with Crippen molar-refractivity contribution in [1.29, 1.82) is 0 Å². The van der Waals surface area contributed by atoms with E-state index in [-0.39, 0.29) is 5.82 Å². The highest BCUT2D eigenvalue weighted by Crippen LogP contribution is 2.34. The van der Waals surface area contributed by atoms with Crippen molar-refractivity contribution >= 4 is 27.6 Å².